The predicted molar refractivity (Wildman–Crippen MR) is 99.2 cm³/mol. The number of aromatic nitrogens is 2. The second kappa shape index (κ2) is 9.40. The van der Waals surface area contributed by atoms with Gasteiger partial charge in [0.2, 0.25) is 5.89 Å². The maximum atomic E-state index is 13.8. The summed E-state index contributed by atoms with van der Waals surface area (Å²) in [6, 6.07) is 4.69. The van der Waals surface area contributed by atoms with E-state index in [-0.39, 0.29) is 35.8 Å². The molecule has 0 aliphatic rings. The highest BCUT2D eigenvalue weighted by atomic mass is 127. The quantitative estimate of drug-likeness (QED) is 0.415. The Kier molecular flexibility index (Phi) is 7.89. The summed E-state index contributed by atoms with van der Waals surface area (Å²) in [5.41, 5.74) is 0.779. The molecule has 132 valence electrons. The fourth-order valence-corrected chi connectivity index (χ4v) is 2.01. The van der Waals surface area contributed by atoms with Crippen molar-refractivity contribution in [3.8, 4) is 5.75 Å². The second-order valence-electron chi connectivity index (χ2n) is 4.92. The van der Waals surface area contributed by atoms with Crippen LogP contribution in [0.1, 0.15) is 30.2 Å². The van der Waals surface area contributed by atoms with Gasteiger partial charge in [-0.3, -0.25) is 4.99 Å². The molecule has 0 amide bonds. The minimum absolute atomic E-state index is 0. The molecule has 2 N–H and O–H groups in total. The maximum absolute atomic E-state index is 13.8. The molecule has 0 aliphatic heterocycles. The van der Waals surface area contributed by atoms with E-state index in [0.717, 1.165) is 5.56 Å². The lowest BCUT2D eigenvalue weighted by atomic mass is 10.1. The molecule has 1 atom stereocenters. The molecule has 2 aromatic rings. The molecule has 0 bridgehead atoms. The van der Waals surface area contributed by atoms with Gasteiger partial charge < -0.3 is 19.9 Å². The van der Waals surface area contributed by atoms with Gasteiger partial charge in [-0.15, -0.1) is 24.0 Å². The molecule has 1 aromatic carbocycles. The molecular weight excluding hydrogens is 428 g/mol. The van der Waals surface area contributed by atoms with E-state index in [1.807, 2.05) is 6.92 Å². The highest BCUT2D eigenvalue weighted by molar-refractivity contribution is 14.0. The van der Waals surface area contributed by atoms with Crippen molar-refractivity contribution in [2.24, 2.45) is 4.99 Å². The molecule has 0 aliphatic carbocycles. The molecule has 7 nitrogen and oxygen atoms in total. The van der Waals surface area contributed by atoms with Gasteiger partial charge >= 0.3 is 0 Å². The Bertz CT molecular complexity index is 692. The summed E-state index contributed by atoms with van der Waals surface area (Å²) in [5, 5.41) is 10.0. The lowest BCUT2D eigenvalue weighted by Crippen LogP contribution is -2.38. The number of halogens is 2. The molecule has 24 heavy (non-hydrogen) atoms. The van der Waals surface area contributed by atoms with Crippen LogP contribution in [0.15, 0.2) is 27.7 Å². The van der Waals surface area contributed by atoms with Crippen molar-refractivity contribution >= 4 is 29.9 Å². The van der Waals surface area contributed by atoms with E-state index in [1.54, 1.807) is 26.1 Å². The first-order chi connectivity index (χ1) is 11.0. The summed E-state index contributed by atoms with van der Waals surface area (Å²) in [4.78, 5) is 8.22. The van der Waals surface area contributed by atoms with Crippen molar-refractivity contribution in [2.45, 2.75) is 26.4 Å². The van der Waals surface area contributed by atoms with Crippen LogP contribution in [-0.4, -0.2) is 30.3 Å². The SMILES string of the molecule is CN=C(NCc1noc(C)n1)NC(C)c1ccc(OC)c(F)c1.I. The third-order valence-corrected chi connectivity index (χ3v) is 3.24. The van der Waals surface area contributed by atoms with Gasteiger partial charge in [0.1, 0.15) is 0 Å². The number of benzene rings is 1. The summed E-state index contributed by atoms with van der Waals surface area (Å²) in [7, 11) is 3.09. The second-order valence-corrected chi connectivity index (χ2v) is 4.92. The number of guanidine groups is 1. The van der Waals surface area contributed by atoms with E-state index in [1.165, 1.54) is 13.2 Å². The van der Waals surface area contributed by atoms with Gasteiger partial charge in [0.05, 0.1) is 19.7 Å². The van der Waals surface area contributed by atoms with E-state index in [4.69, 9.17) is 9.26 Å². The zero-order valence-electron chi connectivity index (χ0n) is 14.0. The minimum Gasteiger partial charge on any atom is -0.494 e. The van der Waals surface area contributed by atoms with E-state index >= 15 is 0 Å². The molecule has 2 rings (SSSR count). The summed E-state index contributed by atoms with van der Waals surface area (Å²) in [5.74, 6) is 1.41. The topological polar surface area (TPSA) is 84.6 Å². The average Bonchev–Trinajstić information content (AvgIpc) is 2.96. The number of nitrogens with zero attached hydrogens (tertiary/aromatic N) is 3. The first-order valence-electron chi connectivity index (χ1n) is 7.13. The number of aliphatic imine (C=N–C) groups is 1. The lowest BCUT2D eigenvalue weighted by molar-refractivity contribution is 0.385. The molecule has 0 saturated heterocycles. The summed E-state index contributed by atoms with van der Waals surface area (Å²) in [6.45, 7) is 4.01. The minimum atomic E-state index is -0.399. The van der Waals surface area contributed by atoms with Gasteiger partial charge in [0.25, 0.3) is 0 Å². The van der Waals surface area contributed by atoms with Crippen LogP contribution in [0.4, 0.5) is 4.39 Å². The Morgan fingerprint density at radius 3 is 2.75 bits per heavy atom. The Labute approximate surface area is 157 Å². The zero-order valence-corrected chi connectivity index (χ0v) is 16.3. The maximum Gasteiger partial charge on any atom is 0.223 e. The molecule has 0 radical (unpaired) electrons. The number of ether oxygens (including phenoxy) is 1. The number of nitrogens with one attached hydrogen (secondary N) is 2. The molecule has 9 heteroatoms. The third kappa shape index (κ3) is 5.32. The largest absolute Gasteiger partial charge is 0.494 e. The van der Waals surface area contributed by atoms with Crippen molar-refractivity contribution < 1.29 is 13.7 Å². The van der Waals surface area contributed by atoms with Crippen LogP contribution in [0.5, 0.6) is 5.75 Å². The fourth-order valence-electron chi connectivity index (χ4n) is 2.01. The molecule has 0 fully saturated rings. The Hall–Kier alpha value is -1.91. The van der Waals surface area contributed by atoms with Crippen molar-refractivity contribution in [1.82, 2.24) is 20.8 Å². The first-order valence-corrected chi connectivity index (χ1v) is 7.13. The van der Waals surface area contributed by atoms with Gasteiger partial charge in [-0.05, 0) is 24.6 Å². The van der Waals surface area contributed by atoms with Crippen LogP contribution >= 0.6 is 24.0 Å². The number of rotatable bonds is 5. The fraction of sp³-hybridized carbons (Fsp3) is 0.400. The van der Waals surface area contributed by atoms with Crippen molar-refractivity contribution in [3.05, 3.63) is 41.3 Å². The van der Waals surface area contributed by atoms with Gasteiger partial charge in [-0.2, -0.15) is 4.98 Å². The summed E-state index contributed by atoms with van der Waals surface area (Å²) >= 11 is 0. The van der Waals surface area contributed by atoms with E-state index in [0.29, 0.717) is 24.2 Å². The van der Waals surface area contributed by atoms with Crippen LogP contribution in [0.25, 0.3) is 0 Å². The van der Waals surface area contributed by atoms with E-state index < -0.39 is 5.82 Å². The number of methoxy groups -OCH3 is 1. The van der Waals surface area contributed by atoms with E-state index in [2.05, 4.69) is 25.8 Å². The van der Waals surface area contributed by atoms with Gasteiger partial charge in [0, 0.05) is 14.0 Å². The highest BCUT2D eigenvalue weighted by Gasteiger charge is 2.12. The van der Waals surface area contributed by atoms with Crippen LogP contribution < -0.4 is 15.4 Å². The standard InChI is InChI=1S/C15H20FN5O2.HI/c1-9(11-5-6-13(22-4)12(16)7-11)19-15(17-3)18-8-14-20-10(2)23-21-14;/h5-7,9H,8H2,1-4H3,(H2,17,18,19);1H. The summed E-state index contributed by atoms with van der Waals surface area (Å²) in [6.07, 6.45) is 0. The molecule has 0 saturated carbocycles. The molecule has 1 unspecified atom stereocenters. The molecule has 1 aromatic heterocycles. The first kappa shape index (κ1) is 20.1. The van der Waals surface area contributed by atoms with Crippen molar-refractivity contribution in [1.29, 1.82) is 0 Å². The highest BCUT2D eigenvalue weighted by Crippen LogP contribution is 2.21. The van der Waals surface area contributed by atoms with Crippen molar-refractivity contribution in [3.63, 3.8) is 0 Å². The lowest BCUT2D eigenvalue weighted by Gasteiger charge is -2.18. The summed E-state index contributed by atoms with van der Waals surface area (Å²) < 4.78 is 23.6. The van der Waals surface area contributed by atoms with E-state index in [9.17, 15) is 4.39 Å². The molecular formula is C15H21FIN5O2. The van der Waals surface area contributed by atoms with Crippen LogP contribution in [0.3, 0.4) is 0 Å². The van der Waals surface area contributed by atoms with Crippen LogP contribution in [0, 0.1) is 12.7 Å². The number of hydrogen-bond donors (Lipinski definition) is 2. The zero-order chi connectivity index (χ0) is 16.8. The molecule has 0 spiro atoms. The third-order valence-electron chi connectivity index (χ3n) is 3.24. The smallest absolute Gasteiger partial charge is 0.223 e. The monoisotopic (exact) mass is 449 g/mol. The Balaban J connectivity index is 0.00000288. The average molecular weight is 449 g/mol. The van der Waals surface area contributed by atoms with Gasteiger partial charge in [-0.1, -0.05) is 11.2 Å². The van der Waals surface area contributed by atoms with Crippen LogP contribution in [-0.2, 0) is 6.54 Å². The number of aryl methyl sites for hydroxylation is 1. The van der Waals surface area contributed by atoms with Gasteiger partial charge in [0.15, 0.2) is 23.4 Å². The van der Waals surface area contributed by atoms with Crippen LogP contribution in [0.2, 0.25) is 0 Å². The normalized spacial score (nSPS) is 12.3. The number of hydrogen-bond acceptors (Lipinski definition) is 5. The predicted octanol–water partition coefficient (Wildman–Crippen LogP) is 2.57. The van der Waals surface area contributed by atoms with Crippen molar-refractivity contribution in [2.75, 3.05) is 14.2 Å². The van der Waals surface area contributed by atoms with Gasteiger partial charge in [-0.25, -0.2) is 4.39 Å². The Morgan fingerprint density at radius 2 is 2.21 bits per heavy atom. The Morgan fingerprint density at radius 1 is 1.46 bits per heavy atom. The molecule has 1 heterocycles.